The Hall–Kier alpha value is -4.44. The van der Waals surface area contributed by atoms with E-state index in [2.05, 4.69) is 10.3 Å². The molecule has 0 aliphatic carbocycles. The Bertz CT molecular complexity index is 1650. The normalized spacial score (nSPS) is 11.5. The van der Waals surface area contributed by atoms with Gasteiger partial charge in [0.25, 0.3) is 5.91 Å². The van der Waals surface area contributed by atoms with Gasteiger partial charge in [-0.25, -0.2) is 9.97 Å². The molecule has 0 aliphatic heterocycles. The molecule has 0 radical (unpaired) electrons. The topological polar surface area (TPSA) is 90.1 Å². The van der Waals surface area contributed by atoms with Crippen molar-refractivity contribution in [2.24, 2.45) is 0 Å². The maximum atomic E-state index is 13.1. The van der Waals surface area contributed by atoms with E-state index in [4.69, 9.17) is 15.5 Å². The summed E-state index contributed by atoms with van der Waals surface area (Å²) in [6, 6.07) is 19.3. The van der Waals surface area contributed by atoms with Gasteiger partial charge in [-0.2, -0.15) is 13.2 Å². The predicted molar refractivity (Wildman–Crippen MR) is 143 cm³/mol. The van der Waals surface area contributed by atoms with Gasteiger partial charge in [-0.1, -0.05) is 42.0 Å². The van der Waals surface area contributed by atoms with Crippen molar-refractivity contribution in [1.82, 2.24) is 9.97 Å². The number of nitrogens with one attached hydrogen (secondary N) is 1. The zero-order chi connectivity index (χ0) is 27.0. The van der Waals surface area contributed by atoms with Crippen LogP contribution in [-0.4, -0.2) is 23.0 Å². The average Bonchev–Trinajstić information content (AvgIpc) is 3.25. The van der Waals surface area contributed by atoms with Gasteiger partial charge in [0.2, 0.25) is 0 Å². The van der Waals surface area contributed by atoms with Gasteiger partial charge < -0.3 is 15.8 Å². The summed E-state index contributed by atoms with van der Waals surface area (Å²) in [4.78, 5) is 22.4. The number of fused-ring (bicyclic) bond motifs is 1. The van der Waals surface area contributed by atoms with Crippen LogP contribution >= 0.6 is 11.3 Å². The number of alkyl halides is 3. The second-order valence-electron chi connectivity index (χ2n) is 8.56. The average molecular weight is 535 g/mol. The van der Waals surface area contributed by atoms with Crippen molar-refractivity contribution >= 4 is 39.0 Å². The number of carbonyl (C=O) groups is 1. The van der Waals surface area contributed by atoms with E-state index in [9.17, 15) is 18.0 Å². The molecule has 192 valence electrons. The summed E-state index contributed by atoms with van der Waals surface area (Å²) in [5.74, 6) is 0.0651. The Morgan fingerprint density at radius 1 is 1.03 bits per heavy atom. The first-order valence-corrected chi connectivity index (χ1v) is 12.2. The summed E-state index contributed by atoms with van der Waals surface area (Å²) in [6.07, 6.45) is -3.86. The minimum Gasteiger partial charge on any atom is -0.497 e. The molecule has 0 aliphatic rings. The number of amides is 1. The second-order valence-corrected chi connectivity index (χ2v) is 9.56. The third kappa shape index (κ3) is 4.90. The highest BCUT2D eigenvalue weighted by Gasteiger charge is 2.31. The molecule has 6 nitrogen and oxygen atoms in total. The fourth-order valence-corrected chi connectivity index (χ4v) is 5.00. The van der Waals surface area contributed by atoms with Crippen LogP contribution in [0.15, 0.2) is 72.9 Å². The van der Waals surface area contributed by atoms with Crippen LogP contribution in [0.4, 0.5) is 24.7 Å². The van der Waals surface area contributed by atoms with E-state index in [0.717, 1.165) is 45.7 Å². The zero-order valence-corrected chi connectivity index (χ0v) is 21.1. The molecule has 0 atom stereocenters. The van der Waals surface area contributed by atoms with Crippen molar-refractivity contribution in [3.05, 3.63) is 88.9 Å². The maximum absolute atomic E-state index is 13.1. The van der Waals surface area contributed by atoms with Crippen LogP contribution in [0.25, 0.3) is 32.6 Å². The first-order chi connectivity index (χ1) is 18.1. The predicted octanol–water partition coefficient (Wildman–Crippen LogP) is 7.20. The SMILES string of the molecule is COc1cccc(-c2cc(-c3ccc(C)cc3)c3c(N)c(C(=O)Nc4ccc(C(F)(F)F)cn4)sc3n2)c1. The third-order valence-electron chi connectivity index (χ3n) is 5.97. The first kappa shape index (κ1) is 25.2. The molecule has 3 heterocycles. The van der Waals surface area contributed by atoms with Gasteiger partial charge >= 0.3 is 6.18 Å². The number of methoxy groups -OCH3 is 1. The number of pyridine rings is 2. The highest BCUT2D eigenvalue weighted by Crippen LogP contribution is 2.42. The molecule has 0 unspecified atom stereocenters. The highest BCUT2D eigenvalue weighted by molar-refractivity contribution is 7.21. The summed E-state index contributed by atoms with van der Waals surface area (Å²) in [5.41, 5.74) is 10.1. The van der Waals surface area contributed by atoms with Gasteiger partial charge in [-0.05, 0) is 48.4 Å². The van der Waals surface area contributed by atoms with Crippen molar-refractivity contribution in [3.8, 4) is 28.1 Å². The van der Waals surface area contributed by atoms with E-state index in [1.54, 1.807) is 7.11 Å². The molecule has 1 amide bonds. The number of thiophene rings is 1. The lowest BCUT2D eigenvalue weighted by atomic mass is 9.98. The summed E-state index contributed by atoms with van der Waals surface area (Å²) in [6.45, 7) is 1.99. The number of anilines is 2. The number of hydrogen-bond donors (Lipinski definition) is 2. The number of carbonyl (C=O) groups excluding carboxylic acids is 1. The summed E-state index contributed by atoms with van der Waals surface area (Å²) >= 11 is 1.10. The van der Waals surface area contributed by atoms with Gasteiger partial charge in [0, 0.05) is 17.1 Å². The van der Waals surface area contributed by atoms with Gasteiger partial charge in [0.1, 0.15) is 21.3 Å². The quantitative estimate of drug-likeness (QED) is 0.249. The van der Waals surface area contributed by atoms with E-state index in [1.807, 2.05) is 61.5 Å². The van der Waals surface area contributed by atoms with E-state index in [0.29, 0.717) is 27.9 Å². The largest absolute Gasteiger partial charge is 0.497 e. The number of hydrogen-bond acceptors (Lipinski definition) is 6. The molecule has 0 saturated heterocycles. The standard InChI is InChI=1S/C28H21F3N4O2S/c1-15-6-8-16(9-7-15)20-13-21(17-4-3-5-19(12-17)37-2)34-27-23(20)24(32)25(38-27)26(36)35-22-11-10-18(14-33-22)28(29,30)31/h3-14H,32H2,1-2H3,(H,33,35,36). The molecule has 3 aromatic heterocycles. The van der Waals surface area contributed by atoms with Crippen LogP contribution in [0.3, 0.4) is 0 Å². The van der Waals surface area contributed by atoms with Crippen LogP contribution in [0, 0.1) is 6.92 Å². The first-order valence-electron chi connectivity index (χ1n) is 11.4. The lowest BCUT2D eigenvalue weighted by Gasteiger charge is -2.10. The minimum absolute atomic E-state index is 0.0244. The molecule has 0 saturated carbocycles. The van der Waals surface area contributed by atoms with Gasteiger partial charge in [0.05, 0.1) is 24.1 Å². The summed E-state index contributed by atoms with van der Waals surface area (Å²) < 4.78 is 43.9. The number of nitrogen functional groups attached to an aromatic ring is 1. The maximum Gasteiger partial charge on any atom is 0.417 e. The van der Waals surface area contributed by atoms with Crippen LogP contribution in [0.2, 0.25) is 0 Å². The number of rotatable bonds is 5. The van der Waals surface area contributed by atoms with Crippen LogP contribution in [0.5, 0.6) is 5.75 Å². The Labute approximate surface area is 219 Å². The molecule has 2 aromatic carbocycles. The molecule has 0 bridgehead atoms. The van der Waals surface area contributed by atoms with Crippen molar-refractivity contribution in [3.63, 3.8) is 0 Å². The number of aromatic nitrogens is 2. The molecule has 0 fully saturated rings. The van der Waals surface area contributed by atoms with Crippen molar-refractivity contribution < 1.29 is 22.7 Å². The lowest BCUT2D eigenvalue weighted by molar-refractivity contribution is -0.137. The van der Waals surface area contributed by atoms with E-state index in [1.165, 1.54) is 0 Å². The minimum atomic E-state index is -4.52. The van der Waals surface area contributed by atoms with Crippen LogP contribution < -0.4 is 15.8 Å². The second kappa shape index (κ2) is 9.79. The highest BCUT2D eigenvalue weighted by atomic mass is 32.1. The Morgan fingerprint density at radius 2 is 1.79 bits per heavy atom. The van der Waals surface area contributed by atoms with Gasteiger partial charge in [-0.3, -0.25) is 4.79 Å². The van der Waals surface area contributed by atoms with Crippen molar-refractivity contribution in [1.29, 1.82) is 0 Å². The van der Waals surface area contributed by atoms with Crippen molar-refractivity contribution in [2.45, 2.75) is 13.1 Å². The number of benzene rings is 2. The zero-order valence-electron chi connectivity index (χ0n) is 20.3. The van der Waals surface area contributed by atoms with Gasteiger partial charge in [-0.15, -0.1) is 11.3 Å². The Kier molecular flexibility index (Phi) is 6.50. The van der Waals surface area contributed by atoms with E-state index in [-0.39, 0.29) is 16.4 Å². The monoisotopic (exact) mass is 534 g/mol. The molecule has 38 heavy (non-hydrogen) atoms. The number of halogens is 3. The Morgan fingerprint density at radius 3 is 2.45 bits per heavy atom. The lowest BCUT2D eigenvalue weighted by Crippen LogP contribution is -2.14. The smallest absolute Gasteiger partial charge is 0.417 e. The van der Waals surface area contributed by atoms with Crippen molar-refractivity contribution in [2.75, 3.05) is 18.2 Å². The van der Waals surface area contributed by atoms with Crippen LogP contribution in [0.1, 0.15) is 20.8 Å². The number of nitrogens with zero attached hydrogens (tertiary/aromatic N) is 2. The van der Waals surface area contributed by atoms with E-state index < -0.39 is 17.6 Å². The Balaban J connectivity index is 1.60. The molecular weight excluding hydrogens is 513 g/mol. The number of aryl methyl sites for hydroxylation is 1. The molecule has 3 N–H and O–H groups in total. The van der Waals surface area contributed by atoms with Gasteiger partial charge in [0.15, 0.2) is 0 Å². The number of ether oxygens (including phenoxy) is 1. The molecule has 0 spiro atoms. The molecule has 5 aromatic rings. The van der Waals surface area contributed by atoms with E-state index >= 15 is 0 Å². The number of nitrogens with two attached hydrogens (primary N) is 1. The molecule has 5 rings (SSSR count). The fourth-order valence-electron chi connectivity index (χ4n) is 3.99. The molecular formula is C28H21F3N4O2S. The third-order valence-corrected chi connectivity index (χ3v) is 7.06. The summed E-state index contributed by atoms with van der Waals surface area (Å²) in [7, 11) is 1.59. The summed E-state index contributed by atoms with van der Waals surface area (Å²) in [5, 5.41) is 3.16. The molecule has 10 heteroatoms. The fraction of sp³-hybridized carbons (Fsp3) is 0.107. The van der Waals surface area contributed by atoms with Crippen LogP contribution in [-0.2, 0) is 6.18 Å².